The smallest absolute Gasteiger partial charge is 0.225 e. The summed E-state index contributed by atoms with van der Waals surface area (Å²) in [7, 11) is 1.38. The Morgan fingerprint density at radius 1 is 1.00 bits per heavy atom. The molecule has 0 unspecified atom stereocenters. The molecule has 0 radical (unpaired) electrons. The molecule has 0 aromatic heterocycles. The van der Waals surface area contributed by atoms with Gasteiger partial charge in [-0.15, -0.1) is 0 Å². The molecule has 7 nitrogen and oxygen atoms in total. The van der Waals surface area contributed by atoms with Crippen molar-refractivity contribution in [1.29, 1.82) is 0 Å². The van der Waals surface area contributed by atoms with E-state index < -0.39 is 10.0 Å². The Bertz CT molecular complexity index is 1100. The van der Waals surface area contributed by atoms with Crippen molar-refractivity contribution >= 4 is 39.1 Å². The van der Waals surface area contributed by atoms with Gasteiger partial charge in [-0.05, 0) is 48.2 Å². The monoisotopic (exact) mass is 514 g/mol. The van der Waals surface area contributed by atoms with Crippen LogP contribution >= 0.6 is 23.2 Å². The van der Waals surface area contributed by atoms with Crippen LogP contribution in [-0.4, -0.2) is 57.9 Å². The van der Waals surface area contributed by atoms with Gasteiger partial charge in [0.25, 0.3) is 0 Å². The first-order chi connectivity index (χ1) is 15.6. The summed E-state index contributed by atoms with van der Waals surface area (Å²) in [6, 6.07) is 10.4. The third-order valence-electron chi connectivity index (χ3n) is 5.77. The number of carbonyl (C=O) groups is 1. The van der Waals surface area contributed by atoms with Gasteiger partial charge in [0.05, 0.1) is 30.0 Å². The maximum absolute atomic E-state index is 13.0. The van der Waals surface area contributed by atoms with Crippen molar-refractivity contribution < 1.29 is 22.7 Å². The van der Waals surface area contributed by atoms with Crippen molar-refractivity contribution in [3.05, 3.63) is 57.6 Å². The fourth-order valence-electron chi connectivity index (χ4n) is 3.95. The van der Waals surface area contributed by atoms with Crippen molar-refractivity contribution in [2.24, 2.45) is 5.92 Å². The van der Waals surface area contributed by atoms with Crippen molar-refractivity contribution in [3.63, 3.8) is 0 Å². The number of hydrogen-bond acceptors (Lipinski definition) is 5. The Morgan fingerprint density at radius 2 is 1.64 bits per heavy atom. The maximum Gasteiger partial charge on any atom is 0.225 e. The number of nitrogens with zero attached hydrogens (tertiary/aromatic N) is 2. The fraction of sp³-hybridized carbons (Fsp3) is 0.435. The molecule has 0 spiro atoms. The molecule has 1 heterocycles. The molecule has 0 aliphatic carbocycles. The van der Waals surface area contributed by atoms with Crippen LogP contribution in [0.3, 0.4) is 0 Å². The lowest BCUT2D eigenvalue weighted by Gasteiger charge is -2.32. The number of halogens is 2. The van der Waals surface area contributed by atoms with Crippen LogP contribution < -0.4 is 9.47 Å². The minimum absolute atomic E-state index is 0.00585. The second-order valence-electron chi connectivity index (χ2n) is 8.06. The Kier molecular flexibility index (Phi) is 8.50. The topological polar surface area (TPSA) is 76.2 Å². The molecule has 33 heavy (non-hydrogen) atoms. The van der Waals surface area contributed by atoms with Crippen LogP contribution in [0.15, 0.2) is 36.4 Å². The Morgan fingerprint density at radius 3 is 2.24 bits per heavy atom. The zero-order chi connectivity index (χ0) is 24.2. The lowest BCUT2D eigenvalue weighted by atomic mass is 9.96. The van der Waals surface area contributed by atoms with Gasteiger partial charge >= 0.3 is 0 Å². The molecule has 2 aromatic carbocycles. The van der Waals surface area contributed by atoms with Gasteiger partial charge in [0.2, 0.25) is 15.9 Å². The average molecular weight is 515 g/mol. The first-order valence-electron chi connectivity index (χ1n) is 10.5. The van der Waals surface area contributed by atoms with E-state index in [4.69, 9.17) is 32.7 Å². The van der Waals surface area contributed by atoms with Gasteiger partial charge in [0.15, 0.2) is 11.5 Å². The highest BCUT2D eigenvalue weighted by molar-refractivity contribution is 7.88. The van der Waals surface area contributed by atoms with Crippen LogP contribution in [0.1, 0.15) is 24.0 Å². The van der Waals surface area contributed by atoms with Crippen LogP contribution in [0.4, 0.5) is 0 Å². The highest BCUT2D eigenvalue weighted by atomic mass is 35.5. The predicted octanol–water partition coefficient (Wildman–Crippen LogP) is 4.21. The summed E-state index contributed by atoms with van der Waals surface area (Å²) in [4.78, 5) is 14.6. The number of ether oxygens (including phenoxy) is 2. The van der Waals surface area contributed by atoms with Crippen molar-refractivity contribution in [2.45, 2.75) is 25.1 Å². The van der Waals surface area contributed by atoms with Crippen LogP contribution in [0, 0.1) is 5.92 Å². The molecule has 0 atom stereocenters. The molecule has 0 saturated carbocycles. The van der Waals surface area contributed by atoms with Crippen molar-refractivity contribution in [3.8, 4) is 11.5 Å². The van der Waals surface area contributed by atoms with Crippen LogP contribution in [0.5, 0.6) is 11.5 Å². The SMILES string of the molecule is COc1ccc(CN(C)C(=O)C2CCN(S(=O)(=O)Cc3ccc(Cl)c(Cl)c3)CC2)cc1OC. The largest absolute Gasteiger partial charge is 0.493 e. The molecule has 3 rings (SSSR count). The molecule has 180 valence electrons. The van der Waals surface area contributed by atoms with Gasteiger partial charge in [-0.2, -0.15) is 0 Å². The van der Waals surface area contributed by atoms with Gasteiger partial charge in [-0.3, -0.25) is 4.79 Å². The first kappa shape index (κ1) is 25.6. The third-order valence-corrected chi connectivity index (χ3v) is 8.36. The van der Waals surface area contributed by atoms with Gasteiger partial charge in [0.1, 0.15) is 0 Å². The minimum atomic E-state index is -3.52. The minimum Gasteiger partial charge on any atom is -0.493 e. The highest BCUT2D eigenvalue weighted by Gasteiger charge is 2.32. The second kappa shape index (κ2) is 11.0. The van der Waals surface area contributed by atoms with E-state index in [0.717, 1.165) is 5.56 Å². The van der Waals surface area contributed by atoms with E-state index in [1.54, 1.807) is 44.4 Å². The molecule has 2 aromatic rings. The predicted molar refractivity (Wildman–Crippen MR) is 129 cm³/mol. The molecule has 1 amide bonds. The van der Waals surface area contributed by atoms with Gasteiger partial charge in [0, 0.05) is 32.6 Å². The van der Waals surface area contributed by atoms with Gasteiger partial charge < -0.3 is 14.4 Å². The number of hydrogen-bond donors (Lipinski definition) is 0. The third kappa shape index (κ3) is 6.32. The summed E-state index contributed by atoms with van der Waals surface area (Å²) in [5.41, 5.74) is 1.50. The number of carbonyl (C=O) groups excluding carboxylic acids is 1. The summed E-state index contributed by atoms with van der Waals surface area (Å²) in [6.45, 7) is 1.05. The van der Waals surface area contributed by atoms with Crippen molar-refractivity contribution in [2.75, 3.05) is 34.4 Å². The Hall–Kier alpha value is -2.00. The maximum atomic E-state index is 13.0. The Balaban J connectivity index is 1.57. The van der Waals surface area contributed by atoms with Crippen LogP contribution in [-0.2, 0) is 27.1 Å². The molecule has 1 aliphatic rings. The van der Waals surface area contributed by atoms with E-state index in [1.165, 1.54) is 4.31 Å². The van der Waals surface area contributed by atoms with E-state index in [0.29, 0.717) is 59.6 Å². The summed E-state index contributed by atoms with van der Waals surface area (Å²) in [6.07, 6.45) is 0.964. The van der Waals surface area contributed by atoms with Crippen LogP contribution in [0.25, 0.3) is 0 Å². The standard InChI is InChI=1S/C23H28Cl2N2O5S/c1-26(14-16-5-7-21(31-2)22(13-16)32-3)23(28)18-8-10-27(11-9-18)33(29,30)15-17-4-6-19(24)20(25)12-17/h4-7,12-13,18H,8-11,14-15H2,1-3H3. The average Bonchev–Trinajstić information content (AvgIpc) is 2.80. The summed E-state index contributed by atoms with van der Waals surface area (Å²) in [5.74, 6) is 0.876. The molecule has 1 aliphatic heterocycles. The fourth-order valence-corrected chi connectivity index (χ4v) is 5.83. The second-order valence-corrected chi connectivity index (χ2v) is 10.8. The first-order valence-corrected chi connectivity index (χ1v) is 12.9. The van der Waals surface area contributed by atoms with Crippen molar-refractivity contribution in [1.82, 2.24) is 9.21 Å². The van der Waals surface area contributed by atoms with Gasteiger partial charge in [-0.25, -0.2) is 12.7 Å². The lowest BCUT2D eigenvalue weighted by Crippen LogP contribution is -2.43. The number of sulfonamides is 1. The number of benzene rings is 2. The number of methoxy groups -OCH3 is 2. The number of rotatable bonds is 8. The molecule has 0 bridgehead atoms. The quantitative estimate of drug-likeness (QED) is 0.527. The van der Waals surface area contributed by atoms with E-state index in [1.807, 2.05) is 18.2 Å². The van der Waals surface area contributed by atoms with E-state index >= 15 is 0 Å². The van der Waals surface area contributed by atoms with E-state index in [2.05, 4.69) is 0 Å². The number of amides is 1. The lowest BCUT2D eigenvalue weighted by molar-refractivity contribution is -0.135. The molecular formula is C23H28Cl2N2O5S. The molecule has 1 fully saturated rings. The summed E-state index contributed by atoms with van der Waals surface area (Å²) in [5, 5.41) is 0.709. The molecular weight excluding hydrogens is 487 g/mol. The summed E-state index contributed by atoms with van der Waals surface area (Å²) < 4.78 is 37.7. The number of piperidine rings is 1. The zero-order valence-electron chi connectivity index (χ0n) is 18.9. The van der Waals surface area contributed by atoms with Gasteiger partial charge in [-0.1, -0.05) is 35.3 Å². The van der Waals surface area contributed by atoms with E-state index in [-0.39, 0.29) is 17.6 Å². The molecule has 10 heteroatoms. The highest BCUT2D eigenvalue weighted by Crippen LogP contribution is 2.29. The zero-order valence-corrected chi connectivity index (χ0v) is 21.2. The molecule has 0 N–H and O–H groups in total. The summed E-state index contributed by atoms with van der Waals surface area (Å²) >= 11 is 11.9. The normalized spacial score (nSPS) is 15.3. The Labute approximate surface area is 205 Å². The van der Waals surface area contributed by atoms with Crippen LogP contribution in [0.2, 0.25) is 10.0 Å². The van der Waals surface area contributed by atoms with E-state index in [9.17, 15) is 13.2 Å². The molecule has 1 saturated heterocycles.